The minimum absolute atomic E-state index is 0.563. The summed E-state index contributed by atoms with van der Waals surface area (Å²) in [7, 11) is 0. The molecule has 0 saturated heterocycles. The molecule has 0 unspecified atom stereocenters. The van der Waals surface area contributed by atoms with Gasteiger partial charge in [0.25, 0.3) is 0 Å². The standard InChI is InChI=1S/C13H16N2/c1-9-3-4-11-6-12-8-14-7-10(2)15(12)13(11)5-9/h3-6,10,14H,7-8H2,1-2H3/t10-/m1/s1. The molecule has 2 nitrogen and oxygen atoms in total. The average molecular weight is 200 g/mol. The van der Waals surface area contributed by atoms with Gasteiger partial charge in [-0.25, -0.2) is 0 Å². The molecular weight excluding hydrogens is 184 g/mol. The number of hydrogen-bond acceptors (Lipinski definition) is 1. The second-order valence-electron chi connectivity index (χ2n) is 4.55. The summed E-state index contributed by atoms with van der Waals surface area (Å²) in [6, 6.07) is 9.57. The van der Waals surface area contributed by atoms with Gasteiger partial charge in [-0.2, -0.15) is 0 Å². The number of hydrogen-bond donors (Lipinski definition) is 1. The predicted octanol–water partition coefficient (Wildman–Crippen LogP) is 2.61. The highest BCUT2D eigenvalue weighted by atomic mass is 15.1. The summed E-state index contributed by atoms with van der Waals surface area (Å²) in [6.07, 6.45) is 0. The average Bonchev–Trinajstić information content (AvgIpc) is 2.57. The molecule has 0 aliphatic carbocycles. The van der Waals surface area contributed by atoms with Crippen LogP contribution < -0.4 is 5.32 Å². The quantitative estimate of drug-likeness (QED) is 0.691. The van der Waals surface area contributed by atoms with Crippen molar-refractivity contribution in [2.75, 3.05) is 6.54 Å². The molecule has 1 aliphatic heterocycles. The van der Waals surface area contributed by atoms with E-state index in [1.54, 1.807) is 0 Å². The fourth-order valence-corrected chi connectivity index (χ4v) is 2.55. The highest BCUT2D eigenvalue weighted by molar-refractivity contribution is 5.82. The van der Waals surface area contributed by atoms with Crippen molar-refractivity contribution in [1.29, 1.82) is 0 Å². The molecular formula is C13H16N2. The Bertz CT molecular complexity index is 510. The number of rotatable bonds is 0. The third-order valence-electron chi connectivity index (χ3n) is 3.26. The number of nitrogens with zero attached hydrogens (tertiary/aromatic N) is 1. The van der Waals surface area contributed by atoms with Gasteiger partial charge in [0.15, 0.2) is 0 Å². The minimum atomic E-state index is 0.563. The molecule has 3 rings (SSSR count). The van der Waals surface area contributed by atoms with E-state index >= 15 is 0 Å². The maximum absolute atomic E-state index is 3.45. The monoisotopic (exact) mass is 200 g/mol. The molecule has 0 spiro atoms. The molecule has 1 atom stereocenters. The maximum Gasteiger partial charge on any atom is 0.0488 e. The molecule has 78 valence electrons. The van der Waals surface area contributed by atoms with E-state index in [4.69, 9.17) is 0 Å². The van der Waals surface area contributed by atoms with E-state index in [9.17, 15) is 0 Å². The van der Waals surface area contributed by atoms with E-state index in [0.29, 0.717) is 6.04 Å². The first-order chi connectivity index (χ1) is 7.25. The Kier molecular flexibility index (Phi) is 1.86. The van der Waals surface area contributed by atoms with Gasteiger partial charge in [0, 0.05) is 30.3 Å². The van der Waals surface area contributed by atoms with Gasteiger partial charge in [-0.05, 0) is 36.9 Å². The Morgan fingerprint density at radius 1 is 1.33 bits per heavy atom. The van der Waals surface area contributed by atoms with Crippen LogP contribution in [0.5, 0.6) is 0 Å². The van der Waals surface area contributed by atoms with Gasteiger partial charge in [0.1, 0.15) is 0 Å². The van der Waals surface area contributed by atoms with Crippen LogP contribution in [-0.2, 0) is 6.54 Å². The number of aromatic nitrogens is 1. The molecule has 0 amide bonds. The summed E-state index contributed by atoms with van der Waals surface area (Å²) in [4.78, 5) is 0. The van der Waals surface area contributed by atoms with Crippen molar-refractivity contribution >= 4 is 10.9 Å². The Labute approximate surface area is 89.9 Å². The van der Waals surface area contributed by atoms with Crippen molar-refractivity contribution < 1.29 is 0 Å². The van der Waals surface area contributed by atoms with Crippen LogP contribution in [0.2, 0.25) is 0 Å². The summed E-state index contributed by atoms with van der Waals surface area (Å²) >= 11 is 0. The van der Waals surface area contributed by atoms with E-state index in [2.05, 4.69) is 48.0 Å². The molecule has 1 aromatic carbocycles. The van der Waals surface area contributed by atoms with Gasteiger partial charge >= 0.3 is 0 Å². The van der Waals surface area contributed by atoms with Crippen LogP contribution in [0.3, 0.4) is 0 Å². The van der Waals surface area contributed by atoms with Gasteiger partial charge in [-0.3, -0.25) is 0 Å². The summed E-state index contributed by atoms with van der Waals surface area (Å²) in [6.45, 7) is 6.51. The molecule has 1 aromatic heterocycles. The molecule has 0 radical (unpaired) electrons. The molecule has 0 saturated carbocycles. The minimum Gasteiger partial charge on any atom is -0.339 e. The topological polar surface area (TPSA) is 17.0 Å². The molecule has 1 aliphatic rings. The van der Waals surface area contributed by atoms with E-state index in [0.717, 1.165) is 13.1 Å². The normalized spacial score (nSPS) is 20.5. The zero-order valence-electron chi connectivity index (χ0n) is 9.25. The lowest BCUT2D eigenvalue weighted by Gasteiger charge is -2.24. The van der Waals surface area contributed by atoms with Crippen molar-refractivity contribution in [3.05, 3.63) is 35.5 Å². The Balaban J connectivity index is 2.33. The summed E-state index contributed by atoms with van der Waals surface area (Å²) in [5.74, 6) is 0. The molecule has 15 heavy (non-hydrogen) atoms. The highest BCUT2D eigenvalue weighted by Crippen LogP contribution is 2.27. The van der Waals surface area contributed by atoms with Gasteiger partial charge in [-0.15, -0.1) is 0 Å². The van der Waals surface area contributed by atoms with E-state index in [1.165, 1.54) is 22.2 Å². The maximum atomic E-state index is 3.45. The largest absolute Gasteiger partial charge is 0.339 e. The first-order valence-corrected chi connectivity index (χ1v) is 5.57. The zero-order valence-corrected chi connectivity index (χ0v) is 9.25. The van der Waals surface area contributed by atoms with Crippen molar-refractivity contribution in [2.24, 2.45) is 0 Å². The number of nitrogens with one attached hydrogen (secondary N) is 1. The van der Waals surface area contributed by atoms with Crippen LogP contribution in [0, 0.1) is 6.92 Å². The summed E-state index contributed by atoms with van der Waals surface area (Å²) in [5, 5.41) is 4.81. The van der Waals surface area contributed by atoms with Crippen molar-refractivity contribution in [1.82, 2.24) is 9.88 Å². The molecule has 2 heterocycles. The second kappa shape index (κ2) is 3.11. The van der Waals surface area contributed by atoms with Crippen LogP contribution >= 0.6 is 0 Å². The van der Waals surface area contributed by atoms with Gasteiger partial charge in [0.05, 0.1) is 0 Å². The van der Waals surface area contributed by atoms with Gasteiger partial charge in [-0.1, -0.05) is 12.1 Å². The Morgan fingerprint density at radius 3 is 3.07 bits per heavy atom. The van der Waals surface area contributed by atoms with Crippen LogP contribution in [0.25, 0.3) is 10.9 Å². The Hall–Kier alpha value is -1.28. The fourth-order valence-electron chi connectivity index (χ4n) is 2.55. The van der Waals surface area contributed by atoms with E-state index < -0.39 is 0 Å². The molecule has 2 heteroatoms. The van der Waals surface area contributed by atoms with Gasteiger partial charge < -0.3 is 9.88 Å². The van der Waals surface area contributed by atoms with Crippen molar-refractivity contribution in [3.63, 3.8) is 0 Å². The summed E-state index contributed by atoms with van der Waals surface area (Å²) < 4.78 is 2.47. The van der Waals surface area contributed by atoms with Gasteiger partial charge in [0.2, 0.25) is 0 Å². The number of fused-ring (bicyclic) bond motifs is 3. The first-order valence-electron chi connectivity index (χ1n) is 5.57. The zero-order chi connectivity index (χ0) is 10.4. The third-order valence-corrected chi connectivity index (χ3v) is 3.26. The van der Waals surface area contributed by atoms with Crippen LogP contribution in [0.1, 0.15) is 24.2 Å². The molecule has 0 fully saturated rings. The van der Waals surface area contributed by atoms with Crippen LogP contribution in [-0.4, -0.2) is 11.1 Å². The third kappa shape index (κ3) is 1.29. The van der Waals surface area contributed by atoms with E-state index in [1.807, 2.05) is 0 Å². The SMILES string of the molecule is Cc1ccc2cc3n(c2c1)[C@H](C)CNC3. The number of aryl methyl sites for hydroxylation is 1. The lowest BCUT2D eigenvalue weighted by Crippen LogP contribution is -2.30. The fraction of sp³-hybridized carbons (Fsp3) is 0.385. The predicted molar refractivity (Wildman–Crippen MR) is 63.1 cm³/mol. The highest BCUT2D eigenvalue weighted by Gasteiger charge is 2.17. The molecule has 0 bridgehead atoms. The van der Waals surface area contributed by atoms with Crippen molar-refractivity contribution in [3.8, 4) is 0 Å². The smallest absolute Gasteiger partial charge is 0.0488 e. The number of benzene rings is 1. The second-order valence-corrected chi connectivity index (χ2v) is 4.55. The molecule has 2 aromatic rings. The van der Waals surface area contributed by atoms with Crippen LogP contribution in [0.15, 0.2) is 24.3 Å². The van der Waals surface area contributed by atoms with E-state index in [-0.39, 0.29) is 0 Å². The lowest BCUT2D eigenvalue weighted by atomic mass is 10.2. The first kappa shape index (κ1) is 8.98. The lowest BCUT2D eigenvalue weighted by molar-refractivity contribution is 0.439. The van der Waals surface area contributed by atoms with Crippen LogP contribution in [0.4, 0.5) is 0 Å². The molecule has 1 N–H and O–H groups in total. The van der Waals surface area contributed by atoms with Crippen molar-refractivity contribution in [2.45, 2.75) is 26.4 Å². The Morgan fingerprint density at radius 2 is 2.20 bits per heavy atom. The summed E-state index contributed by atoms with van der Waals surface area (Å²) in [5.41, 5.74) is 4.14.